The first kappa shape index (κ1) is 18.5. The fourth-order valence-electron chi connectivity index (χ4n) is 2.09. The van der Waals surface area contributed by atoms with E-state index < -0.39 is 5.60 Å². The number of fused-ring (bicyclic) bond motifs is 1. The van der Waals surface area contributed by atoms with Crippen LogP contribution < -0.4 is 0 Å². The van der Waals surface area contributed by atoms with Crippen molar-refractivity contribution in [3.05, 3.63) is 84.4 Å². The Morgan fingerprint density at radius 3 is 2.76 bits per heavy atom. The summed E-state index contributed by atoms with van der Waals surface area (Å²) in [6.45, 7) is 6.26. The predicted octanol–water partition coefficient (Wildman–Crippen LogP) is 4.37. The molecule has 2 rings (SSSR count). The normalized spacial score (nSPS) is 15.2. The van der Waals surface area contributed by atoms with E-state index in [0.29, 0.717) is 12.1 Å². The average Bonchev–Trinajstić information content (AvgIpc) is 2.96. The minimum atomic E-state index is -0.525. The summed E-state index contributed by atoms with van der Waals surface area (Å²) in [7, 11) is 0. The van der Waals surface area contributed by atoms with Crippen molar-refractivity contribution in [1.29, 1.82) is 0 Å². The van der Waals surface area contributed by atoms with Gasteiger partial charge in [0.2, 0.25) is 0 Å². The number of carbonyl (C=O) groups excluding carboxylic acids is 1. The first-order valence-corrected chi connectivity index (χ1v) is 8.24. The van der Waals surface area contributed by atoms with Crippen molar-refractivity contribution in [2.24, 2.45) is 4.99 Å². The van der Waals surface area contributed by atoms with E-state index in [1.165, 1.54) is 0 Å². The summed E-state index contributed by atoms with van der Waals surface area (Å²) in [5.41, 5.74) is 0.990. The third-order valence-corrected chi connectivity index (χ3v) is 3.20. The van der Waals surface area contributed by atoms with E-state index in [9.17, 15) is 4.79 Å². The van der Waals surface area contributed by atoms with Crippen molar-refractivity contribution < 1.29 is 9.53 Å². The van der Waals surface area contributed by atoms with Gasteiger partial charge >= 0.3 is 5.97 Å². The molecule has 0 atom stereocenters. The summed E-state index contributed by atoms with van der Waals surface area (Å²) in [4.78, 5) is 16.6. The van der Waals surface area contributed by atoms with Gasteiger partial charge in [0, 0.05) is 18.9 Å². The van der Waals surface area contributed by atoms with Crippen molar-refractivity contribution in [3.63, 3.8) is 0 Å². The smallest absolute Gasteiger partial charge is 0.338 e. The van der Waals surface area contributed by atoms with Gasteiger partial charge in [-0.25, -0.2) is 4.79 Å². The molecule has 0 unspecified atom stereocenters. The van der Waals surface area contributed by atoms with Crippen LogP contribution in [0.1, 0.15) is 26.5 Å². The second-order valence-corrected chi connectivity index (χ2v) is 6.50. The number of nitrogens with zero attached hydrogens (tertiary/aromatic N) is 2. The van der Waals surface area contributed by atoms with E-state index >= 15 is 0 Å². The van der Waals surface area contributed by atoms with Crippen molar-refractivity contribution in [1.82, 2.24) is 4.57 Å². The van der Waals surface area contributed by atoms with Crippen LogP contribution in [0.25, 0.3) is 0 Å². The molecule has 2 heterocycles. The third kappa shape index (κ3) is 6.63. The Morgan fingerprint density at radius 1 is 1.16 bits per heavy atom. The molecule has 4 heteroatoms. The minimum Gasteiger partial charge on any atom is -0.456 e. The molecular weight excluding hydrogens is 312 g/mol. The number of ether oxygens (including phenoxy) is 1. The van der Waals surface area contributed by atoms with Crippen molar-refractivity contribution in [2.75, 3.05) is 0 Å². The lowest BCUT2D eigenvalue weighted by Gasteiger charge is -2.19. The molecule has 25 heavy (non-hydrogen) atoms. The molecule has 0 saturated carbocycles. The first-order chi connectivity index (χ1) is 12.0. The van der Waals surface area contributed by atoms with Crippen molar-refractivity contribution in [2.45, 2.75) is 32.9 Å². The van der Waals surface area contributed by atoms with Crippen LogP contribution in [0.5, 0.6) is 0 Å². The van der Waals surface area contributed by atoms with Crippen LogP contribution in [0, 0.1) is 0 Å². The Balaban J connectivity index is 2.27. The maximum atomic E-state index is 12.3. The average molecular weight is 336 g/mol. The molecule has 4 nitrogen and oxygen atoms in total. The Labute approximate surface area is 149 Å². The molecule has 130 valence electrons. The summed E-state index contributed by atoms with van der Waals surface area (Å²) < 4.78 is 7.52. The zero-order valence-corrected chi connectivity index (χ0v) is 14.9. The van der Waals surface area contributed by atoms with E-state index in [-0.39, 0.29) is 5.97 Å². The molecule has 0 saturated heterocycles. The van der Waals surface area contributed by atoms with Gasteiger partial charge in [-0.15, -0.1) is 0 Å². The van der Waals surface area contributed by atoms with Gasteiger partial charge in [-0.2, -0.15) is 0 Å². The minimum absolute atomic E-state index is 0.341. The molecule has 0 N–H and O–H groups in total. The number of esters is 1. The molecule has 0 fully saturated rings. The molecule has 0 radical (unpaired) electrons. The number of hydrogen-bond donors (Lipinski definition) is 0. The maximum absolute atomic E-state index is 12.3. The Hall–Kier alpha value is -2.88. The van der Waals surface area contributed by atoms with Gasteiger partial charge < -0.3 is 9.30 Å². The highest BCUT2D eigenvalue weighted by atomic mass is 16.6. The predicted molar refractivity (Wildman–Crippen MR) is 103 cm³/mol. The van der Waals surface area contributed by atoms with Crippen molar-refractivity contribution >= 4 is 12.2 Å². The van der Waals surface area contributed by atoms with Crippen LogP contribution in [0.15, 0.2) is 83.7 Å². The van der Waals surface area contributed by atoms with E-state index in [2.05, 4.69) is 9.56 Å². The van der Waals surface area contributed by atoms with Gasteiger partial charge in [0.15, 0.2) is 0 Å². The molecule has 0 aromatic carbocycles. The molecule has 1 aliphatic heterocycles. The van der Waals surface area contributed by atoms with Gasteiger partial charge in [0.25, 0.3) is 0 Å². The lowest BCUT2D eigenvalue weighted by molar-refractivity contribution is -0.149. The molecule has 1 aromatic rings. The largest absolute Gasteiger partial charge is 0.456 e. The molecule has 0 spiro atoms. The summed E-state index contributed by atoms with van der Waals surface area (Å²) in [6, 6.07) is 3.98. The van der Waals surface area contributed by atoms with E-state index in [4.69, 9.17) is 4.74 Å². The summed E-state index contributed by atoms with van der Waals surface area (Å²) >= 11 is 0. The SMILES string of the molecule is CC(C)(C)OC(=O)C1=CC=CCn2cccc2C=NC=CC=CC=C1. The van der Waals surface area contributed by atoms with Crippen LogP contribution in [0.4, 0.5) is 0 Å². The summed E-state index contributed by atoms with van der Waals surface area (Å²) in [5.74, 6) is -0.341. The maximum Gasteiger partial charge on any atom is 0.338 e. The van der Waals surface area contributed by atoms with Crippen LogP contribution in [0.3, 0.4) is 0 Å². The lowest BCUT2D eigenvalue weighted by Crippen LogP contribution is -2.24. The highest BCUT2D eigenvalue weighted by molar-refractivity contribution is 5.92. The highest BCUT2D eigenvalue weighted by Crippen LogP contribution is 2.12. The highest BCUT2D eigenvalue weighted by Gasteiger charge is 2.17. The molecule has 1 aliphatic rings. The third-order valence-electron chi connectivity index (χ3n) is 3.20. The van der Waals surface area contributed by atoms with E-state index in [1.807, 2.05) is 75.7 Å². The van der Waals surface area contributed by atoms with Gasteiger partial charge in [-0.05, 0) is 51.1 Å². The van der Waals surface area contributed by atoms with E-state index in [1.54, 1.807) is 24.4 Å². The van der Waals surface area contributed by atoms with Gasteiger partial charge in [-0.1, -0.05) is 30.4 Å². The Kier molecular flexibility index (Phi) is 6.52. The van der Waals surface area contributed by atoms with Crippen LogP contribution in [-0.2, 0) is 16.1 Å². The van der Waals surface area contributed by atoms with Gasteiger partial charge in [-0.3, -0.25) is 4.99 Å². The molecular formula is C21H24N2O2. The zero-order valence-electron chi connectivity index (χ0n) is 14.9. The number of allylic oxidation sites excluding steroid dienone is 7. The van der Waals surface area contributed by atoms with Crippen molar-refractivity contribution in [3.8, 4) is 0 Å². The van der Waals surface area contributed by atoms with Crippen LogP contribution >= 0.6 is 0 Å². The number of carbonyl (C=O) groups is 1. The van der Waals surface area contributed by atoms with Crippen LogP contribution in [-0.4, -0.2) is 22.4 Å². The Bertz CT molecular complexity index is 766. The second kappa shape index (κ2) is 8.83. The summed E-state index contributed by atoms with van der Waals surface area (Å²) in [6.07, 6.45) is 20.2. The topological polar surface area (TPSA) is 43.6 Å². The molecule has 0 aliphatic carbocycles. The lowest BCUT2D eigenvalue weighted by atomic mass is 10.1. The number of aromatic nitrogens is 1. The fraction of sp³-hybridized carbons (Fsp3) is 0.238. The Morgan fingerprint density at radius 2 is 1.96 bits per heavy atom. The van der Waals surface area contributed by atoms with Gasteiger partial charge in [0.1, 0.15) is 5.60 Å². The first-order valence-electron chi connectivity index (χ1n) is 8.24. The van der Waals surface area contributed by atoms with E-state index in [0.717, 1.165) is 5.69 Å². The number of hydrogen-bond acceptors (Lipinski definition) is 3. The molecule has 0 bridgehead atoms. The summed E-state index contributed by atoms with van der Waals surface area (Å²) in [5, 5.41) is 0. The van der Waals surface area contributed by atoms with Gasteiger partial charge in [0.05, 0.1) is 17.5 Å². The molecule has 1 aromatic heterocycles. The standard InChI is InChI=1S/C21H24N2O2/c1-21(2,3)25-20(24)18-11-6-4-5-8-14-22-17-19-13-10-16-23(19)15-9-7-12-18/h4-14,16-17H,15H2,1-3H3. The second-order valence-electron chi connectivity index (χ2n) is 6.50. The van der Waals surface area contributed by atoms with Crippen LogP contribution in [0.2, 0.25) is 0 Å². The monoisotopic (exact) mass is 336 g/mol. The quantitative estimate of drug-likeness (QED) is 0.715. The fourth-order valence-corrected chi connectivity index (χ4v) is 2.09. The number of rotatable bonds is 1. The zero-order chi connectivity index (χ0) is 18.1. The molecule has 0 amide bonds. The number of aliphatic imine (C=N–C) groups is 1.